The molecule has 1 rings (SSSR count). The van der Waals surface area contributed by atoms with Crippen molar-refractivity contribution in [2.45, 2.75) is 19.0 Å². The van der Waals surface area contributed by atoms with Crippen LogP contribution in [0.5, 0.6) is 5.75 Å². The van der Waals surface area contributed by atoms with Crippen molar-refractivity contribution in [2.24, 2.45) is 5.73 Å². The molecule has 0 unspecified atom stereocenters. The molecule has 1 aromatic carbocycles. The van der Waals surface area contributed by atoms with Crippen LogP contribution in [-0.4, -0.2) is 32.5 Å². The summed E-state index contributed by atoms with van der Waals surface area (Å²) in [4.78, 5) is 0. The maximum absolute atomic E-state index is 11.9. The molecule has 0 saturated heterocycles. The smallest absolute Gasteiger partial charge is 0.389 e. The van der Waals surface area contributed by atoms with Crippen LogP contribution in [-0.2, 0) is 4.74 Å². The SMILES string of the molecule is NCC#Cc1ccc(OCCOCCCC(F)(F)F)cc1. The van der Waals surface area contributed by atoms with Gasteiger partial charge in [0.1, 0.15) is 12.4 Å². The van der Waals surface area contributed by atoms with Gasteiger partial charge in [0.2, 0.25) is 0 Å². The van der Waals surface area contributed by atoms with Gasteiger partial charge in [0.15, 0.2) is 0 Å². The normalized spacial score (nSPS) is 10.9. The van der Waals surface area contributed by atoms with Crippen LogP contribution >= 0.6 is 0 Å². The predicted molar refractivity (Wildman–Crippen MR) is 74.0 cm³/mol. The van der Waals surface area contributed by atoms with Crippen LogP contribution in [0, 0.1) is 11.8 Å². The van der Waals surface area contributed by atoms with Gasteiger partial charge in [0, 0.05) is 18.6 Å². The first-order chi connectivity index (χ1) is 10.0. The van der Waals surface area contributed by atoms with Crippen LogP contribution < -0.4 is 10.5 Å². The van der Waals surface area contributed by atoms with Gasteiger partial charge < -0.3 is 15.2 Å². The molecule has 116 valence electrons. The zero-order valence-electron chi connectivity index (χ0n) is 11.6. The molecule has 0 aliphatic carbocycles. The highest BCUT2D eigenvalue weighted by Gasteiger charge is 2.25. The van der Waals surface area contributed by atoms with Crippen LogP contribution in [0.4, 0.5) is 13.2 Å². The molecule has 6 heteroatoms. The van der Waals surface area contributed by atoms with E-state index >= 15 is 0 Å². The molecule has 0 saturated carbocycles. The van der Waals surface area contributed by atoms with Gasteiger partial charge in [0.05, 0.1) is 13.2 Å². The molecule has 0 aliphatic heterocycles. The lowest BCUT2D eigenvalue weighted by atomic mass is 10.2. The lowest BCUT2D eigenvalue weighted by molar-refractivity contribution is -0.138. The third-order valence-electron chi connectivity index (χ3n) is 2.43. The molecule has 0 radical (unpaired) electrons. The number of hydrogen-bond donors (Lipinski definition) is 1. The number of alkyl halides is 3. The summed E-state index contributed by atoms with van der Waals surface area (Å²) in [5.41, 5.74) is 6.11. The highest BCUT2D eigenvalue weighted by molar-refractivity contribution is 5.38. The summed E-state index contributed by atoms with van der Waals surface area (Å²) in [5.74, 6) is 6.29. The van der Waals surface area contributed by atoms with Crippen molar-refractivity contribution in [3.8, 4) is 17.6 Å². The van der Waals surface area contributed by atoms with Gasteiger partial charge in [-0.15, -0.1) is 0 Å². The van der Waals surface area contributed by atoms with Gasteiger partial charge in [-0.2, -0.15) is 13.2 Å². The van der Waals surface area contributed by atoms with Crippen LogP contribution in [0.1, 0.15) is 18.4 Å². The molecule has 0 amide bonds. The first-order valence-corrected chi connectivity index (χ1v) is 6.57. The van der Waals surface area contributed by atoms with E-state index in [1.54, 1.807) is 12.1 Å². The zero-order valence-corrected chi connectivity index (χ0v) is 11.6. The summed E-state index contributed by atoms with van der Waals surface area (Å²) in [6.45, 7) is 0.937. The number of rotatable bonds is 7. The Labute approximate surface area is 122 Å². The predicted octanol–water partition coefficient (Wildman–Crippen LogP) is 2.73. The third kappa shape index (κ3) is 8.95. The van der Waals surface area contributed by atoms with Crippen LogP contribution in [0.25, 0.3) is 0 Å². The van der Waals surface area contributed by atoms with Crippen LogP contribution in [0.15, 0.2) is 24.3 Å². The molecule has 1 aromatic rings. The summed E-state index contributed by atoms with van der Waals surface area (Å²) in [6.07, 6.45) is -4.97. The van der Waals surface area contributed by atoms with Gasteiger partial charge in [-0.25, -0.2) is 0 Å². The fourth-order valence-electron chi connectivity index (χ4n) is 1.48. The van der Waals surface area contributed by atoms with Gasteiger partial charge >= 0.3 is 6.18 Å². The molecule has 0 heterocycles. The number of benzene rings is 1. The molecule has 3 nitrogen and oxygen atoms in total. The molecule has 21 heavy (non-hydrogen) atoms. The number of hydrogen-bond acceptors (Lipinski definition) is 3. The highest BCUT2D eigenvalue weighted by Crippen LogP contribution is 2.20. The fourth-order valence-corrected chi connectivity index (χ4v) is 1.48. The van der Waals surface area contributed by atoms with Gasteiger partial charge in [-0.3, -0.25) is 0 Å². The van der Waals surface area contributed by atoms with Gasteiger partial charge in [-0.05, 0) is 30.7 Å². The summed E-state index contributed by atoms with van der Waals surface area (Å²) in [7, 11) is 0. The minimum absolute atomic E-state index is 0.0298. The molecule has 0 atom stereocenters. The Morgan fingerprint density at radius 1 is 1.05 bits per heavy atom. The Balaban J connectivity index is 2.13. The summed E-state index contributed by atoms with van der Waals surface area (Å²) in [5, 5.41) is 0. The van der Waals surface area contributed by atoms with Crippen molar-refractivity contribution in [1.29, 1.82) is 0 Å². The quantitative estimate of drug-likeness (QED) is 0.622. The largest absolute Gasteiger partial charge is 0.491 e. The molecule has 0 bridgehead atoms. The Bertz CT molecular complexity index is 461. The minimum atomic E-state index is -4.12. The average molecular weight is 301 g/mol. The first-order valence-electron chi connectivity index (χ1n) is 6.57. The van der Waals surface area contributed by atoms with E-state index in [0.29, 0.717) is 18.9 Å². The van der Waals surface area contributed by atoms with E-state index in [2.05, 4.69) is 11.8 Å². The fraction of sp³-hybridized carbons (Fsp3) is 0.467. The van der Waals surface area contributed by atoms with Crippen molar-refractivity contribution >= 4 is 0 Å². The third-order valence-corrected chi connectivity index (χ3v) is 2.43. The average Bonchev–Trinajstić information content (AvgIpc) is 2.44. The summed E-state index contributed by atoms with van der Waals surface area (Å²) < 4.78 is 46.1. The Hall–Kier alpha value is -1.71. The Kier molecular flexibility index (Phi) is 7.65. The van der Waals surface area contributed by atoms with E-state index in [1.165, 1.54) is 0 Å². The van der Waals surface area contributed by atoms with Crippen molar-refractivity contribution < 1.29 is 22.6 Å². The minimum Gasteiger partial charge on any atom is -0.491 e. The van der Waals surface area contributed by atoms with Gasteiger partial charge in [0.25, 0.3) is 0 Å². The second-order valence-electron chi connectivity index (χ2n) is 4.21. The van der Waals surface area contributed by atoms with E-state index in [1.807, 2.05) is 12.1 Å². The van der Waals surface area contributed by atoms with Crippen LogP contribution in [0.3, 0.4) is 0 Å². The molecular formula is C15H18F3NO2. The lowest BCUT2D eigenvalue weighted by Crippen LogP contribution is -2.11. The number of halogens is 3. The van der Waals surface area contributed by atoms with E-state index in [0.717, 1.165) is 5.56 Å². The summed E-state index contributed by atoms with van der Waals surface area (Å²) in [6, 6.07) is 7.15. The second kappa shape index (κ2) is 9.27. The molecule has 2 N–H and O–H groups in total. The van der Waals surface area contributed by atoms with Crippen molar-refractivity contribution in [2.75, 3.05) is 26.4 Å². The van der Waals surface area contributed by atoms with Crippen molar-refractivity contribution in [3.63, 3.8) is 0 Å². The highest BCUT2D eigenvalue weighted by atomic mass is 19.4. The van der Waals surface area contributed by atoms with Gasteiger partial charge in [-0.1, -0.05) is 11.8 Å². The van der Waals surface area contributed by atoms with Crippen molar-refractivity contribution in [3.05, 3.63) is 29.8 Å². The van der Waals surface area contributed by atoms with Crippen LogP contribution in [0.2, 0.25) is 0 Å². The Morgan fingerprint density at radius 2 is 1.76 bits per heavy atom. The number of ether oxygens (including phenoxy) is 2. The molecule has 0 aliphatic rings. The maximum Gasteiger partial charge on any atom is 0.389 e. The summed E-state index contributed by atoms with van der Waals surface area (Å²) >= 11 is 0. The number of nitrogens with two attached hydrogens (primary N) is 1. The standard InChI is InChI=1S/C15H18F3NO2/c16-15(17,18)8-2-10-20-11-12-21-14-6-4-13(5-7-14)3-1-9-19/h4-7H,2,8-12,19H2. The Morgan fingerprint density at radius 3 is 2.38 bits per heavy atom. The molecule has 0 fully saturated rings. The molecule has 0 spiro atoms. The maximum atomic E-state index is 11.9. The molecular weight excluding hydrogens is 283 g/mol. The van der Waals surface area contributed by atoms with E-state index in [9.17, 15) is 13.2 Å². The first kappa shape index (κ1) is 17.3. The van der Waals surface area contributed by atoms with E-state index in [4.69, 9.17) is 15.2 Å². The molecule has 0 aromatic heterocycles. The zero-order chi connectivity index (χ0) is 15.6. The topological polar surface area (TPSA) is 44.5 Å². The second-order valence-corrected chi connectivity index (χ2v) is 4.21. The van der Waals surface area contributed by atoms with Crippen molar-refractivity contribution in [1.82, 2.24) is 0 Å². The lowest BCUT2D eigenvalue weighted by Gasteiger charge is -2.08. The van der Waals surface area contributed by atoms with E-state index < -0.39 is 12.6 Å². The van der Waals surface area contributed by atoms with E-state index in [-0.39, 0.29) is 19.6 Å². The monoisotopic (exact) mass is 301 g/mol.